The Hall–Kier alpha value is -2.94. The maximum atomic E-state index is 12.4. The van der Waals surface area contributed by atoms with Crippen LogP contribution >= 0.6 is 0 Å². The predicted octanol–water partition coefficient (Wildman–Crippen LogP) is 2.88. The van der Waals surface area contributed by atoms with E-state index in [1.54, 1.807) is 19.9 Å². The number of nitro groups is 1. The van der Waals surface area contributed by atoms with Crippen LogP contribution in [-0.4, -0.2) is 25.9 Å². The van der Waals surface area contributed by atoms with E-state index < -0.39 is 20.9 Å². The van der Waals surface area contributed by atoms with E-state index in [9.17, 15) is 23.3 Å². The van der Waals surface area contributed by atoms with Gasteiger partial charge in [0.25, 0.3) is 15.7 Å². The molecule has 0 heterocycles. The third-order valence-electron chi connectivity index (χ3n) is 3.35. The van der Waals surface area contributed by atoms with Gasteiger partial charge < -0.3 is 4.74 Å². The minimum Gasteiger partial charge on any atom is -0.462 e. The number of sulfonamides is 1. The van der Waals surface area contributed by atoms with Crippen LogP contribution in [0, 0.1) is 17.0 Å². The molecule has 0 aliphatic carbocycles. The van der Waals surface area contributed by atoms with Gasteiger partial charge in [-0.05, 0) is 43.7 Å². The lowest BCUT2D eigenvalue weighted by molar-refractivity contribution is -0.384. The summed E-state index contributed by atoms with van der Waals surface area (Å²) in [6.45, 7) is 3.56. The van der Waals surface area contributed by atoms with Gasteiger partial charge in [-0.1, -0.05) is 6.07 Å². The Morgan fingerprint density at radius 3 is 2.40 bits per heavy atom. The normalized spacial score (nSPS) is 11.0. The average molecular weight is 364 g/mol. The molecule has 0 saturated carbocycles. The van der Waals surface area contributed by atoms with E-state index in [2.05, 4.69) is 4.72 Å². The highest BCUT2D eigenvalue weighted by molar-refractivity contribution is 7.92. The first-order chi connectivity index (χ1) is 11.7. The maximum Gasteiger partial charge on any atom is 0.338 e. The van der Waals surface area contributed by atoms with E-state index in [0.717, 1.165) is 24.3 Å². The largest absolute Gasteiger partial charge is 0.462 e. The first kappa shape index (κ1) is 18.4. The number of nitro benzene ring substituents is 1. The van der Waals surface area contributed by atoms with Gasteiger partial charge in [-0.15, -0.1) is 0 Å². The summed E-state index contributed by atoms with van der Waals surface area (Å²) in [6.07, 6.45) is 0. The number of aryl methyl sites for hydroxylation is 1. The van der Waals surface area contributed by atoms with Crippen molar-refractivity contribution in [3.63, 3.8) is 0 Å². The molecule has 0 radical (unpaired) electrons. The molecule has 132 valence electrons. The summed E-state index contributed by atoms with van der Waals surface area (Å²) >= 11 is 0. The lowest BCUT2D eigenvalue weighted by Crippen LogP contribution is -2.14. The number of carbonyl (C=O) groups is 1. The molecule has 0 unspecified atom stereocenters. The van der Waals surface area contributed by atoms with Gasteiger partial charge >= 0.3 is 5.97 Å². The van der Waals surface area contributed by atoms with Crippen molar-refractivity contribution >= 4 is 27.4 Å². The molecule has 0 spiro atoms. The maximum absolute atomic E-state index is 12.4. The van der Waals surface area contributed by atoms with Crippen LogP contribution in [-0.2, 0) is 14.8 Å². The Bertz CT molecular complexity index is 907. The molecule has 2 aromatic carbocycles. The molecule has 0 atom stereocenters. The molecule has 0 aliphatic rings. The van der Waals surface area contributed by atoms with Crippen LogP contribution in [0.15, 0.2) is 47.4 Å². The molecule has 0 saturated heterocycles. The fraction of sp³-hybridized carbons (Fsp3) is 0.188. The number of non-ortho nitro benzene ring substituents is 1. The van der Waals surface area contributed by atoms with E-state index in [0.29, 0.717) is 5.56 Å². The van der Waals surface area contributed by atoms with Crippen LogP contribution in [0.1, 0.15) is 22.8 Å². The van der Waals surface area contributed by atoms with Gasteiger partial charge in [0.05, 0.1) is 27.7 Å². The summed E-state index contributed by atoms with van der Waals surface area (Å²) in [7, 11) is -3.96. The molecule has 1 N–H and O–H groups in total. The summed E-state index contributed by atoms with van der Waals surface area (Å²) in [5.74, 6) is -0.557. The standard InChI is InChI=1S/C16H16N2O6S/c1-3-24-16(19)12-5-4-11(2)15(10-12)17-25(22,23)14-8-6-13(7-9-14)18(20)21/h4-10,17H,3H2,1-2H3. The summed E-state index contributed by atoms with van der Waals surface area (Å²) in [5, 5.41) is 10.6. The highest BCUT2D eigenvalue weighted by atomic mass is 32.2. The smallest absolute Gasteiger partial charge is 0.338 e. The monoisotopic (exact) mass is 364 g/mol. The number of anilines is 1. The molecular formula is C16H16N2O6S. The number of rotatable bonds is 6. The SMILES string of the molecule is CCOC(=O)c1ccc(C)c(NS(=O)(=O)c2ccc([N+](=O)[O-])cc2)c1. The van der Waals surface area contributed by atoms with Crippen molar-refractivity contribution in [3.05, 3.63) is 63.7 Å². The van der Waals surface area contributed by atoms with Crippen LogP contribution in [0.3, 0.4) is 0 Å². The van der Waals surface area contributed by atoms with Crippen molar-refractivity contribution in [1.29, 1.82) is 0 Å². The molecular weight excluding hydrogens is 348 g/mol. The first-order valence-electron chi connectivity index (χ1n) is 7.29. The lowest BCUT2D eigenvalue weighted by Gasteiger charge is -2.12. The Balaban J connectivity index is 2.32. The quantitative estimate of drug-likeness (QED) is 0.479. The van der Waals surface area contributed by atoms with Crippen molar-refractivity contribution in [2.24, 2.45) is 0 Å². The van der Waals surface area contributed by atoms with E-state index in [4.69, 9.17) is 4.74 Å². The lowest BCUT2D eigenvalue weighted by atomic mass is 10.1. The van der Waals surface area contributed by atoms with E-state index in [1.165, 1.54) is 12.1 Å². The molecule has 2 rings (SSSR count). The summed E-state index contributed by atoms with van der Waals surface area (Å²) in [4.78, 5) is 21.7. The predicted molar refractivity (Wildman–Crippen MR) is 91.0 cm³/mol. The third-order valence-corrected chi connectivity index (χ3v) is 4.73. The number of ether oxygens (including phenoxy) is 1. The third kappa shape index (κ3) is 4.32. The fourth-order valence-electron chi connectivity index (χ4n) is 2.02. The molecule has 0 amide bonds. The Morgan fingerprint density at radius 1 is 1.20 bits per heavy atom. The fourth-order valence-corrected chi connectivity index (χ4v) is 3.15. The summed E-state index contributed by atoms with van der Waals surface area (Å²) < 4.78 is 32.2. The number of hydrogen-bond acceptors (Lipinski definition) is 6. The van der Waals surface area contributed by atoms with Gasteiger partial charge in [0.15, 0.2) is 0 Å². The highest BCUT2D eigenvalue weighted by Crippen LogP contribution is 2.23. The van der Waals surface area contributed by atoms with Crippen LogP contribution < -0.4 is 4.72 Å². The summed E-state index contributed by atoms with van der Waals surface area (Å²) in [6, 6.07) is 9.02. The number of nitrogens with zero attached hydrogens (tertiary/aromatic N) is 1. The summed E-state index contributed by atoms with van der Waals surface area (Å²) in [5.41, 5.74) is 0.843. The van der Waals surface area contributed by atoms with Gasteiger partial charge in [-0.3, -0.25) is 14.8 Å². The Morgan fingerprint density at radius 2 is 1.84 bits per heavy atom. The zero-order valence-electron chi connectivity index (χ0n) is 13.6. The molecule has 0 aliphatic heterocycles. The molecule has 8 nitrogen and oxygen atoms in total. The van der Waals surface area contributed by atoms with Crippen LogP contribution in [0.25, 0.3) is 0 Å². The highest BCUT2D eigenvalue weighted by Gasteiger charge is 2.18. The van der Waals surface area contributed by atoms with Gasteiger partial charge in [0, 0.05) is 12.1 Å². The molecule has 0 bridgehead atoms. The second-order valence-electron chi connectivity index (χ2n) is 5.11. The molecule has 0 aromatic heterocycles. The second kappa shape index (κ2) is 7.31. The van der Waals surface area contributed by atoms with Crippen molar-refractivity contribution < 1.29 is 22.9 Å². The first-order valence-corrected chi connectivity index (χ1v) is 8.78. The second-order valence-corrected chi connectivity index (χ2v) is 6.79. The number of esters is 1. The average Bonchev–Trinajstić information content (AvgIpc) is 2.57. The Labute approximate surface area is 144 Å². The molecule has 2 aromatic rings. The van der Waals surface area contributed by atoms with Gasteiger partial charge in [-0.2, -0.15) is 0 Å². The van der Waals surface area contributed by atoms with Crippen molar-refractivity contribution in [1.82, 2.24) is 0 Å². The van der Waals surface area contributed by atoms with Gasteiger partial charge in [-0.25, -0.2) is 13.2 Å². The number of carbonyl (C=O) groups excluding carboxylic acids is 1. The van der Waals surface area contributed by atoms with Gasteiger partial charge in [0.1, 0.15) is 0 Å². The van der Waals surface area contributed by atoms with Crippen LogP contribution in [0.4, 0.5) is 11.4 Å². The van der Waals surface area contributed by atoms with Crippen molar-refractivity contribution in [3.8, 4) is 0 Å². The van der Waals surface area contributed by atoms with E-state index in [-0.39, 0.29) is 28.4 Å². The number of hydrogen-bond donors (Lipinski definition) is 1. The minimum atomic E-state index is -3.96. The zero-order valence-corrected chi connectivity index (χ0v) is 14.4. The van der Waals surface area contributed by atoms with E-state index in [1.807, 2.05) is 0 Å². The number of nitrogens with one attached hydrogen (secondary N) is 1. The minimum absolute atomic E-state index is 0.126. The number of benzene rings is 2. The van der Waals surface area contributed by atoms with E-state index >= 15 is 0 Å². The molecule has 0 fully saturated rings. The zero-order chi connectivity index (χ0) is 18.6. The Kier molecular flexibility index (Phi) is 5.38. The van der Waals surface area contributed by atoms with Crippen LogP contribution in [0.5, 0.6) is 0 Å². The molecule has 25 heavy (non-hydrogen) atoms. The molecule has 9 heteroatoms. The van der Waals surface area contributed by atoms with Crippen molar-refractivity contribution in [2.45, 2.75) is 18.7 Å². The van der Waals surface area contributed by atoms with Crippen LogP contribution in [0.2, 0.25) is 0 Å². The van der Waals surface area contributed by atoms with Crippen molar-refractivity contribution in [2.75, 3.05) is 11.3 Å². The topological polar surface area (TPSA) is 116 Å². The van der Waals surface area contributed by atoms with Gasteiger partial charge in [0.2, 0.25) is 0 Å².